The fourth-order valence-electron chi connectivity index (χ4n) is 3.26. The van der Waals surface area contributed by atoms with E-state index < -0.39 is 0 Å². The Morgan fingerprint density at radius 3 is 3.15 bits per heavy atom. The zero-order chi connectivity index (χ0) is 13.9. The predicted molar refractivity (Wildman–Crippen MR) is 73.4 cm³/mol. The van der Waals surface area contributed by atoms with Gasteiger partial charge >= 0.3 is 0 Å². The molecule has 1 aromatic carbocycles. The summed E-state index contributed by atoms with van der Waals surface area (Å²) in [6, 6.07) is 5.17. The minimum absolute atomic E-state index is 0.0488. The smallest absolute Gasteiger partial charge is 0.276 e. The summed E-state index contributed by atoms with van der Waals surface area (Å²) in [5.74, 6) is 0.113. The average molecular weight is 272 g/mol. The van der Waals surface area contributed by atoms with Gasteiger partial charge in [0.15, 0.2) is 5.69 Å². The van der Waals surface area contributed by atoms with E-state index in [-0.39, 0.29) is 17.2 Å². The number of aromatic hydroxyl groups is 1. The number of nitrogens with zero attached hydrogens (tertiary/aromatic N) is 2. The van der Waals surface area contributed by atoms with Gasteiger partial charge in [-0.2, -0.15) is 5.10 Å². The zero-order valence-electron chi connectivity index (χ0n) is 11.2. The Bertz CT molecular complexity index is 710. The lowest BCUT2D eigenvalue weighted by Crippen LogP contribution is -2.34. The summed E-state index contributed by atoms with van der Waals surface area (Å²) < 4.78 is 0. The number of carbonyl (C=O) groups excluding carboxylic acids is 1. The van der Waals surface area contributed by atoms with Gasteiger partial charge in [0.2, 0.25) is 0 Å². The van der Waals surface area contributed by atoms with Crippen molar-refractivity contribution >= 4 is 16.8 Å². The van der Waals surface area contributed by atoms with Crippen molar-refractivity contribution < 1.29 is 9.90 Å². The highest BCUT2D eigenvalue weighted by Crippen LogP contribution is 2.47. The summed E-state index contributed by atoms with van der Waals surface area (Å²) in [6.07, 6.45) is 2.06. The Balaban J connectivity index is 1.68. The first-order valence-electron chi connectivity index (χ1n) is 6.88. The first-order valence-corrected chi connectivity index (χ1v) is 6.88. The molecule has 2 aliphatic rings. The predicted octanol–water partition coefficient (Wildman–Crippen LogP) is 1.19. The summed E-state index contributed by atoms with van der Waals surface area (Å²) >= 11 is 0. The second-order valence-corrected chi connectivity index (χ2v) is 5.64. The normalized spacial score (nSPS) is 27.9. The van der Waals surface area contributed by atoms with E-state index in [2.05, 4.69) is 22.4 Å². The van der Waals surface area contributed by atoms with E-state index in [1.807, 2.05) is 4.90 Å². The molecular weight excluding hydrogens is 256 g/mol. The fraction of sp³-hybridized carbons (Fsp3) is 0.429. The monoisotopic (exact) mass is 272 g/mol. The molecule has 6 heteroatoms. The maximum Gasteiger partial charge on any atom is 0.276 e. The van der Waals surface area contributed by atoms with E-state index in [9.17, 15) is 9.90 Å². The Hall–Kier alpha value is -2.08. The van der Waals surface area contributed by atoms with Gasteiger partial charge in [-0.15, -0.1) is 0 Å². The third kappa shape index (κ3) is 1.42. The van der Waals surface area contributed by atoms with E-state index in [4.69, 9.17) is 0 Å². The van der Waals surface area contributed by atoms with Crippen molar-refractivity contribution in [3.05, 3.63) is 23.9 Å². The summed E-state index contributed by atoms with van der Waals surface area (Å²) in [6.45, 7) is 2.73. The highest BCUT2D eigenvalue weighted by molar-refractivity contribution is 6.05. The largest absolute Gasteiger partial charge is 0.508 e. The number of amides is 1. The number of hydrogen-bond acceptors (Lipinski definition) is 4. The quantitative estimate of drug-likeness (QED) is 0.767. The molecule has 2 heterocycles. The highest BCUT2D eigenvalue weighted by Gasteiger charge is 2.61. The number of fused-ring (bicyclic) bond motifs is 2. The second kappa shape index (κ2) is 3.73. The number of rotatable bonds is 2. The van der Waals surface area contributed by atoms with Gasteiger partial charge in [0.1, 0.15) is 5.75 Å². The molecule has 1 aromatic heterocycles. The third-order valence-electron chi connectivity index (χ3n) is 4.65. The number of benzene rings is 1. The Labute approximate surface area is 115 Å². The number of aromatic nitrogens is 2. The number of aromatic amines is 1. The van der Waals surface area contributed by atoms with Gasteiger partial charge in [0, 0.05) is 17.0 Å². The zero-order valence-corrected chi connectivity index (χ0v) is 11.2. The third-order valence-corrected chi connectivity index (χ3v) is 4.65. The van der Waals surface area contributed by atoms with Crippen LogP contribution in [-0.4, -0.2) is 44.4 Å². The summed E-state index contributed by atoms with van der Waals surface area (Å²) in [7, 11) is 0. The number of carbonyl (C=O) groups is 1. The van der Waals surface area contributed by atoms with Gasteiger partial charge in [0.25, 0.3) is 5.91 Å². The van der Waals surface area contributed by atoms with Crippen LogP contribution in [0.15, 0.2) is 18.2 Å². The molecule has 104 valence electrons. The van der Waals surface area contributed by atoms with Crippen molar-refractivity contribution in [1.82, 2.24) is 20.4 Å². The molecule has 1 saturated heterocycles. The van der Waals surface area contributed by atoms with Crippen LogP contribution >= 0.6 is 0 Å². The first-order chi connectivity index (χ1) is 9.64. The van der Waals surface area contributed by atoms with Crippen LogP contribution in [0, 0.1) is 0 Å². The van der Waals surface area contributed by atoms with Gasteiger partial charge in [-0.3, -0.25) is 15.2 Å². The van der Waals surface area contributed by atoms with Crippen LogP contribution in [0.1, 0.15) is 30.3 Å². The van der Waals surface area contributed by atoms with Crippen LogP contribution in [0.4, 0.5) is 0 Å². The van der Waals surface area contributed by atoms with Crippen LogP contribution in [-0.2, 0) is 0 Å². The molecule has 2 fully saturated rings. The van der Waals surface area contributed by atoms with E-state index >= 15 is 0 Å². The number of nitrogens with one attached hydrogen (secondary N) is 2. The first kappa shape index (κ1) is 11.7. The molecule has 2 aromatic rings. The van der Waals surface area contributed by atoms with E-state index in [0.717, 1.165) is 18.2 Å². The van der Waals surface area contributed by atoms with Gasteiger partial charge in [-0.25, -0.2) is 0 Å². The maximum atomic E-state index is 12.6. The molecule has 0 radical (unpaired) electrons. The van der Waals surface area contributed by atoms with E-state index in [1.165, 1.54) is 0 Å². The molecular formula is C14H16N4O2. The number of phenolic OH excluding ortho intramolecular Hbond substituents is 1. The van der Waals surface area contributed by atoms with Crippen LogP contribution in [0.3, 0.4) is 0 Å². The van der Waals surface area contributed by atoms with Gasteiger partial charge in [-0.05, 0) is 25.0 Å². The minimum Gasteiger partial charge on any atom is -0.508 e. The Morgan fingerprint density at radius 1 is 1.60 bits per heavy atom. The van der Waals surface area contributed by atoms with Crippen LogP contribution in [0.5, 0.6) is 5.75 Å². The summed E-state index contributed by atoms with van der Waals surface area (Å²) in [4.78, 5) is 14.5. The maximum absolute atomic E-state index is 12.6. The fourth-order valence-corrected chi connectivity index (χ4v) is 3.26. The lowest BCUT2D eigenvalue weighted by Gasteiger charge is -2.15. The molecule has 1 aliphatic heterocycles. The Kier molecular flexibility index (Phi) is 2.18. The van der Waals surface area contributed by atoms with E-state index in [1.54, 1.807) is 18.2 Å². The molecule has 1 amide bonds. The van der Waals surface area contributed by atoms with Crippen molar-refractivity contribution in [2.45, 2.75) is 31.3 Å². The number of phenols is 1. The lowest BCUT2D eigenvalue weighted by atomic mass is 10.2. The summed E-state index contributed by atoms with van der Waals surface area (Å²) in [5.41, 5.74) is 1.25. The molecule has 20 heavy (non-hydrogen) atoms. The molecule has 1 aliphatic carbocycles. The number of H-pyrrole nitrogens is 1. The van der Waals surface area contributed by atoms with Crippen molar-refractivity contribution in [1.29, 1.82) is 0 Å². The topological polar surface area (TPSA) is 81.2 Å². The number of hydrogen-bond donors (Lipinski definition) is 3. The van der Waals surface area contributed by atoms with Crippen LogP contribution < -0.4 is 5.32 Å². The molecule has 3 N–H and O–H groups in total. The average Bonchev–Trinajstić information content (AvgIpc) is 2.85. The standard InChI is InChI=1S/C14H16N4O2/c1-2-14-6-11(14)18(7-15-14)13(20)12-9-4-3-8(19)5-10(9)16-17-12/h3-5,11,15,19H,2,6-7H2,1H3,(H,16,17). The summed E-state index contributed by atoms with van der Waals surface area (Å²) in [5, 5.41) is 20.6. The van der Waals surface area contributed by atoms with E-state index in [0.29, 0.717) is 23.9 Å². The molecule has 1 saturated carbocycles. The molecule has 0 bridgehead atoms. The lowest BCUT2D eigenvalue weighted by molar-refractivity contribution is 0.0759. The van der Waals surface area contributed by atoms with Crippen molar-refractivity contribution in [2.75, 3.05) is 6.67 Å². The molecule has 6 nitrogen and oxygen atoms in total. The van der Waals surface area contributed by atoms with Crippen LogP contribution in [0.25, 0.3) is 10.9 Å². The van der Waals surface area contributed by atoms with Gasteiger partial charge in [0.05, 0.1) is 18.2 Å². The van der Waals surface area contributed by atoms with Crippen molar-refractivity contribution in [3.8, 4) is 5.75 Å². The van der Waals surface area contributed by atoms with Crippen molar-refractivity contribution in [3.63, 3.8) is 0 Å². The SMILES string of the molecule is CCC12CC1N(C(=O)c1n[nH]c3cc(O)ccc13)CN2. The minimum atomic E-state index is -0.0488. The van der Waals surface area contributed by atoms with Gasteiger partial charge in [-0.1, -0.05) is 6.92 Å². The molecule has 2 atom stereocenters. The molecule has 0 spiro atoms. The molecule has 4 rings (SSSR count). The highest BCUT2D eigenvalue weighted by atomic mass is 16.3. The second-order valence-electron chi connectivity index (χ2n) is 5.64. The van der Waals surface area contributed by atoms with Gasteiger partial charge < -0.3 is 10.0 Å². The van der Waals surface area contributed by atoms with Crippen molar-refractivity contribution in [2.24, 2.45) is 0 Å². The van der Waals surface area contributed by atoms with Crippen LogP contribution in [0.2, 0.25) is 0 Å². The molecule has 2 unspecified atom stereocenters. The Morgan fingerprint density at radius 2 is 2.45 bits per heavy atom.